The molecule has 0 saturated carbocycles. The van der Waals surface area contributed by atoms with Gasteiger partial charge < -0.3 is 35.1 Å². The smallest absolute Gasteiger partial charge is 0.407 e. The SMILES string of the molecule is COc1ccccc1C(=O)NC1CCN(C(=O)[C@H]2CC[C@@](C(=O)N[C@@H](CCCCNC(=O)OC(C)(C)C)C(=O)OC(C)(C)C)(c3ccccc3)c3ccccc32)CC1. The lowest BCUT2D eigenvalue weighted by Crippen LogP contribution is -2.54. The number of likely N-dealkylation sites (tertiary alicyclic amines) is 1. The number of carbonyl (C=O) groups excluding carboxylic acids is 5. The Kier molecular flexibility index (Phi) is 14.3. The monoisotopic (exact) mass is 796 g/mol. The Balaban J connectivity index is 1.33. The molecule has 0 unspecified atom stereocenters. The van der Waals surface area contributed by atoms with Gasteiger partial charge in [-0.15, -0.1) is 0 Å². The number of rotatable bonds is 13. The molecule has 0 spiro atoms. The molecule has 12 nitrogen and oxygen atoms in total. The van der Waals surface area contributed by atoms with E-state index in [2.05, 4.69) is 16.0 Å². The fraction of sp³-hybridized carbons (Fsp3) is 0.500. The minimum Gasteiger partial charge on any atom is -0.496 e. The van der Waals surface area contributed by atoms with Crippen molar-refractivity contribution in [2.75, 3.05) is 26.7 Å². The van der Waals surface area contributed by atoms with Crippen molar-refractivity contribution in [3.63, 3.8) is 0 Å². The summed E-state index contributed by atoms with van der Waals surface area (Å²) in [5.41, 5.74) is 0.156. The second-order valence-corrected chi connectivity index (χ2v) is 17.2. The number of para-hydroxylation sites is 1. The first-order valence-corrected chi connectivity index (χ1v) is 20.4. The van der Waals surface area contributed by atoms with Crippen LogP contribution in [0.3, 0.4) is 0 Å². The van der Waals surface area contributed by atoms with Crippen molar-refractivity contribution in [1.29, 1.82) is 0 Å². The molecule has 1 aliphatic carbocycles. The highest BCUT2D eigenvalue weighted by atomic mass is 16.6. The maximum Gasteiger partial charge on any atom is 0.407 e. The number of fused-ring (bicyclic) bond motifs is 1. The highest BCUT2D eigenvalue weighted by molar-refractivity contribution is 5.98. The van der Waals surface area contributed by atoms with E-state index in [1.54, 1.807) is 59.7 Å². The molecule has 2 aliphatic rings. The lowest BCUT2D eigenvalue weighted by Gasteiger charge is -2.43. The maximum atomic E-state index is 15.0. The summed E-state index contributed by atoms with van der Waals surface area (Å²) in [5, 5.41) is 8.97. The van der Waals surface area contributed by atoms with E-state index in [4.69, 9.17) is 14.2 Å². The van der Waals surface area contributed by atoms with Crippen molar-refractivity contribution in [1.82, 2.24) is 20.9 Å². The predicted molar refractivity (Wildman–Crippen MR) is 222 cm³/mol. The molecule has 12 heteroatoms. The molecule has 0 bridgehead atoms. The summed E-state index contributed by atoms with van der Waals surface area (Å²) < 4.78 is 16.5. The van der Waals surface area contributed by atoms with Gasteiger partial charge >= 0.3 is 12.1 Å². The molecule has 3 aromatic carbocycles. The van der Waals surface area contributed by atoms with Gasteiger partial charge in [-0.1, -0.05) is 66.7 Å². The zero-order valence-corrected chi connectivity index (χ0v) is 35.0. The number of esters is 1. The molecular formula is C46H60N4O8. The fourth-order valence-corrected chi connectivity index (χ4v) is 7.93. The van der Waals surface area contributed by atoms with E-state index >= 15 is 0 Å². The van der Waals surface area contributed by atoms with Gasteiger partial charge in [0.05, 0.1) is 24.0 Å². The summed E-state index contributed by atoms with van der Waals surface area (Å²) in [5.74, 6) is -1.05. The first kappa shape index (κ1) is 43.7. The molecule has 1 aliphatic heterocycles. The van der Waals surface area contributed by atoms with E-state index in [1.165, 1.54) is 7.11 Å². The van der Waals surface area contributed by atoms with Gasteiger partial charge in [-0.3, -0.25) is 14.4 Å². The molecule has 0 radical (unpaired) electrons. The highest BCUT2D eigenvalue weighted by Gasteiger charge is 2.50. The van der Waals surface area contributed by atoms with Gasteiger partial charge in [0, 0.05) is 25.7 Å². The first-order chi connectivity index (χ1) is 27.5. The number of ether oxygens (including phenoxy) is 3. The normalized spacial score (nSPS) is 18.9. The van der Waals surface area contributed by atoms with Crippen molar-refractivity contribution >= 4 is 29.8 Å². The maximum absolute atomic E-state index is 15.0. The van der Waals surface area contributed by atoms with Crippen LogP contribution in [0.25, 0.3) is 0 Å². The summed E-state index contributed by atoms with van der Waals surface area (Å²) in [6.07, 6.45) is 2.82. The Hall–Kier alpha value is -5.39. The molecule has 3 aromatic rings. The molecule has 5 rings (SSSR count). The van der Waals surface area contributed by atoms with Crippen LogP contribution in [0.1, 0.15) is 119 Å². The van der Waals surface area contributed by atoms with Gasteiger partial charge in [0.1, 0.15) is 23.0 Å². The summed E-state index contributed by atoms with van der Waals surface area (Å²) in [7, 11) is 1.54. The number of methoxy groups -OCH3 is 1. The van der Waals surface area contributed by atoms with Crippen LogP contribution >= 0.6 is 0 Å². The second-order valence-electron chi connectivity index (χ2n) is 17.2. The Bertz CT molecular complexity index is 1910. The van der Waals surface area contributed by atoms with Crippen molar-refractivity contribution in [2.24, 2.45) is 0 Å². The fourth-order valence-electron chi connectivity index (χ4n) is 7.93. The first-order valence-electron chi connectivity index (χ1n) is 20.4. The van der Waals surface area contributed by atoms with Crippen LogP contribution in [0.2, 0.25) is 0 Å². The largest absolute Gasteiger partial charge is 0.496 e. The Labute approximate surface area is 342 Å². The number of alkyl carbamates (subject to hydrolysis) is 1. The quantitative estimate of drug-likeness (QED) is 0.126. The summed E-state index contributed by atoms with van der Waals surface area (Å²) >= 11 is 0. The van der Waals surface area contributed by atoms with Crippen LogP contribution in [0.15, 0.2) is 78.9 Å². The molecule has 312 valence electrons. The van der Waals surface area contributed by atoms with Gasteiger partial charge in [-0.05, 0) is 115 Å². The van der Waals surface area contributed by atoms with Crippen LogP contribution in [0, 0.1) is 0 Å². The van der Waals surface area contributed by atoms with E-state index in [9.17, 15) is 24.0 Å². The van der Waals surface area contributed by atoms with Crippen LogP contribution < -0.4 is 20.7 Å². The predicted octanol–water partition coefficient (Wildman–Crippen LogP) is 6.80. The van der Waals surface area contributed by atoms with Crippen molar-refractivity contribution < 1.29 is 38.2 Å². The Morgan fingerprint density at radius 1 is 0.793 bits per heavy atom. The average molecular weight is 797 g/mol. The number of unbranched alkanes of at least 4 members (excludes halogenated alkanes) is 1. The average Bonchev–Trinajstić information content (AvgIpc) is 3.18. The number of amides is 4. The van der Waals surface area contributed by atoms with Crippen LogP contribution in [0.5, 0.6) is 5.75 Å². The summed E-state index contributed by atoms with van der Waals surface area (Å²) in [4.78, 5) is 70.2. The molecule has 3 N–H and O–H groups in total. The molecule has 4 amide bonds. The van der Waals surface area contributed by atoms with Crippen LogP contribution in [-0.2, 0) is 29.3 Å². The van der Waals surface area contributed by atoms with E-state index in [1.807, 2.05) is 65.6 Å². The topological polar surface area (TPSA) is 152 Å². The Morgan fingerprint density at radius 3 is 2.10 bits per heavy atom. The molecule has 3 atom stereocenters. The lowest BCUT2D eigenvalue weighted by atomic mass is 9.62. The number of benzene rings is 3. The van der Waals surface area contributed by atoms with Crippen LogP contribution in [0.4, 0.5) is 4.79 Å². The van der Waals surface area contributed by atoms with Crippen LogP contribution in [-0.4, -0.2) is 84.7 Å². The van der Waals surface area contributed by atoms with Gasteiger partial charge in [0.25, 0.3) is 5.91 Å². The third kappa shape index (κ3) is 11.0. The number of piperidine rings is 1. The standard InChI is InChI=1S/C46H60N4O8/c1-44(2,3)57-41(53)37(22-15-16-28-47-43(55)58-45(4,5)6)49-42(54)46(31-17-9-8-10-18-31)27-24-34(33-19-11-13-21-36(33)46)40(52)50-29-25-32(26-30-50)48-39(51)35-20-12-14-23-38(35)56-7/h8-14,17-21,23,32,34,37H,15-16,22,24-30H2,1-7H3,(H,47,55)(H,48,51)(H,49,54)/t34-,37-,46+/m0/s1. The third-order valence-electron chi connectivity index (χ3n) is 10.6. The highest BCUT2D eigenvalue weighted by Crippen LogP contribution is 2.48. The van der Waals surface area contributed by atoms with Crippen molar-refractivity contribution in [2.45, 2.75) is 121 Å². The molecule has 1 fully saturated rings. The molecule has 1 saturated heterocycles. The number of hydrogen-bond donors (Lipinski definition) is 3. The summed E-state index contributed by atoms with van der Waals surface area (Å²) in [6, 6.07) is 23.2. The zero-order chi connectivity index (χ0) is 42.1. The van der Waals surface area contributed by atoms with Gasteiger partial charge in [-0.25, -0.2) is 9.59 Å². The van der Waals surface area contributed by atoms with Gasteiger partial charge in [0.15, 0.2) is 0 Å². The molecular weight excluding hydrogens is 737 g/mol. The number of hydrogen-bond acceptors (Lipinski definition) is 8. The van der Waals surface area contributed by atoms with Crippen molar-refractivity contribution in [3.05, 3.63) is 101 Å². The zero-order valence-electron chi connectivity index (χ0n) is 35.0. The minimum absolute atomic E-state index is 0.00403. The number of carbonyl (C=O) groups is 5. The van der Waals surface area contributed by atoms with E-state index < -0.39 is 40.6 Å². The van der Waals surface area contributed by atoms with E-state index in [-0.39, 0.29) is 23.8 Å². The molecule has 0 aromatic heterocycles. The van der Waals surface area contributed by atoms with Gasteiger partial charge in [0.2, 0.25) is 11.8 Å². The third-order valence-corrected chi connectivity index (χ3v) is 10.6. The molecule has 1 heterocycles. The minimum atomic E-state index is -1.19. The Morgan fingerprint density at radius 2 is 1.43 bits per heavy atom. The van der Waals surface area contributed by atoms with Crippen molar-refractivity contribution in [3.8, 4) is 5.75 Å². The number of nitrogens with zero attached hydrogens (tertiary/aromatic N) is 1. The molecule has 58 heavy (non-hydrogen) atoms. The van der Waals surface area contributed by atoms with Gasteiger partial charge in [-0.2, -0.15) is 0 Å². The second kappa shape index (κ2) is 18.9. The number of nitrogens with one attached hydrogen (secondary N) is 3. The van der Waals surface area contributed by atoms with E-state index in [0.29, 0.717) is 75.9 Å². The van der Waals surface area contributed by atoms with E-state index in [0.717, 1.165) is 16.7 Å². The summed E-state index contributed by atoms with van der Waals surface area (Å²) in [6.45, 7) is 12.1. The lowest BCUT2D eigenvalue weighted by molar-refractivity contribution is -0.159.